The molecule has 0 saturated heterocycles. The van der Waals surface area contributed by atoms with Gasteiger partial charge in [0.15, 0.2) is 0 Å². The molecule has 0 atom stereocenters. The Hall–Kier alpha value is -2.67. The van der Waals surface area contributed by atoms with Crippen LogP contribution in [-0.4, -0.2) is 7.11 Å². The molecule has 0 unspecified atom stereocenters. The van der Waals surface area contributed by atoms with Crippen LogP contribution in [0.15, 0.2) is 42.5 Å². The van der Waals surface area contributed by atoms with Crippen LogP contribution in [0.5, 0.6) is 11.5 Å². The van der Waals surface area contributed by atoms with Crippen LogP contribution in [0.2, 0.25) is 0 Å². The molecule has 96 valence electrons. The van der Waals surface area contributed by atoms with Gasteiger partial charge in [0.25, 0.3) is 0 Å². The normalized spacial score (nSPS) is 9.68. The van der Waals surface area contributed by atoms with Gasteiger partial charge in [-0.3, -0.25) is 0 Å². The summed E-state index contributed by atoms with van der Waals surface area (Å²) in [6.07, 6.45) is 0. The minimum absolute atomic E-state index is 0.392. The summed E-state index contributed by atoms with van der Waals surface area (Å²) in [5.41, 5.74) is 7.87. The molecule has 0 bridgehead atoms. The van der Waals surface area contributed by atoms with Crippen molar-refractivity contribution in [3.05, 3.63) is 53.6 Å². The van der Waals surface area contributed by atoms with E-state index in [1.807, 2.05) is 24.3 Å². The second kappa shape index (κ2) is 5.78. The van der Waals surface area contributed by atoms with Gasteiger partial charge in [0, 0.05) is 11.8 Å². The molecule has 19 heavy (non-hydrogen) atoms. The highest BCUT2D eigenvalue weighted by molar-refractivity contribution is 5.44. The van der Waals surface area contributed by atoms with Crippen LogP contribution in [0.3, 0.4) is 0 Å². The molecule has 2 aromatic carbocycles. The molecule has 2 N–H and O–H groups in total. The number of nitriles is 1. The zero-order valence-corrected chi connectivity index (χ0v) is 10.6. The minimum Gasteiger partial charge on any atom is -0.497 e. The molecule has 0 radical (unpaired) electrons. The van der Waals surface area contributed by atoms with Crippen LogP contribution in [0.25, 0.3) is 0 Å². The number of nitrogens with zero attached hydrogens (tertiary/aromatic N) is 1. The lowest BCUT2D eigenvalue weighted by atomic mass is 10.2. The van der Waals surface area contributed by atoms with E-state index in [2.05, 4.69) is 6.07 Å². The van der Waals surface area contributed by atoms with Gasteiger partial charge in [-0.25, -0.2) is 0 Å². The van der Waals surface area contributed by atoms with Gasteiger partial charge in [-0.2, -0.15) is 5.26 Å². The third-order valence-corrected chi connectivity index (χ3v) is 2.60. The van der Waals surface area contributed by atoms with Gasteiger partial charge in [0.2, 0.25) is 0 Å². The van der Waals surface area contributed by atoms with Gasteiger partial charge in [0.1, 0.15) is 18.1 Å². The lowest BCUT2D eigenvalue weighted by Crippen LogP contribution is -1.97. The first-order valence-electron chi connectivity index (χ1n) is 5.77. The maximum atomic E-state index is 8.93. The summed E-state index contributed by atoms with van der Waals surface area (Å²) in [6.45, 7) is 0.392. The third-order valence-electron chi connectivity index (χ3n) is 2.60. The lowest BCUT2D eigenvalue weighted by molar-refractivity contribution is 0.303. The fraction of sp³-hybridized carbons (Fsp3) is 0.133. The summed E-state index contributed by atoms with van der Waals surface area (Å²) in [5, 5.41) is 8.93. The first kappa shape index (κ1) is 12.8. The zero-order chi connectivity index (χ0) is 13.7. The highest BCUT2D eigenvalue weighted by Gasteiger charge is 2.03. The molecule has 0 aliphatic rings. The lowest BCUT2D eigenvalue weighted by Gasteiger charge is -2.09. The SMILES string of the molecule is COc1cc(C#N)cc(OCc2cccc(N)c2)c1. The average molecular weight is 254 g/mol. The number of hydrogen-bond acceptors (Lipinski definition) is 4. The first-order chi connectivity index (χ1) is 9.21. The number of rotatable bonds is 4. The first-order valence-corrected chi connectivity index (χ1v) is 5.77. The molecule has 0 aliphatic carbocycles. The summed E-state index contributed by atoms with van der Waals surface area (Å²) in [4.78, 5) is 0. The third kappa shape index (κ3) is 3.39. The molecule has 0 spiro atoms. The van der Waals surface area contributed by atoms with Crippen molar-refractivity contribution in [3.8, 4) is 17.6 Å². The Balaban J connectivity index is 2.13. The van der Waals surface area contributed by atoms with Crippen LogP contribution in [0.1, 0.15) is 11.1 Å². The Morgan fingerprint density at radius 1 is 1.16 bits per heavy atom. The monoisotopic (exact) mass is 254 g/mol. The van der Waals surface area contributed by atoms with E-state index in [9.17, 15) is 0 Å². The fourth-order valence-electron chi connectivity index (χ4n) is 1.69. The molecule has 0 saturated carbocycles. The largest absolute Gasteiger partial charge is 0.497 e. The molecule has 0 fully saturated rings. The molecular formula is C15H14N2O2. The molecule has 2 aromatic rings. The van der Waals surface area contributed by atoms with Crippen LogP contribution in [0, 0.1) is 11.3 Å². The number of methoxy groups -OCH3 is 1. The Labute approximate surface area is 112 Å². The summed E-state index contributed by atoms with van der Waals surface area (Å²) in [7, 11) is 1.55. The van der Waals surface area contributed by atoms with Gasteiger partial charge in [-0.05, 0) is 29.8 Å². The topological polar surface area (TPSA) is 68.3 Å². The molecule has 0 amide bonds. The van der Waals surface area contributed by atoms with E-state index < -0.39 is 0 Å². The second-order valence-corrected chi connectivity index (χ2v) is 4.04. The Morgan fingerprint density at radius 3 is 2.63 bits per heavy atom. The van der Waals surface area contributed by atoms with Crippen molar-refractivity contribution in [2.24, 2.45) is 0 Å². The van der Waals surface area contributed by atoms with E-state index in [1.54, 1.807) is 25.3 Å². The highest BCUT2D eigenvalue weighted by Crippen LogP contribution is 2.23. The zero-order valence-electron chi connectivity index (χ0n) is 10.6. The smallest absolute Gasteiger partial charge is 0.124 e. The van der Waals surface area contributed by atoms with Crippen LogP contribution >= 0.6 is 0 Å². The molecular weight excluding hydrogens is 240 g/mol. The number of nitrogen functional groups attached to an aromatic ring is 1. The van der Waals surface area contributed by atoms with Crippen molar-refractivity contribution in [2.45, 2.75) is 6.61 Å². The van der Waals surface area contributed by atoms with Crippen molar-refractivity contribution in [1.82, 2.24) is 0 Å². The summed E-state index contributed by atoms with van der Waals surface area (Å²) < 4.78 is 10.8. The maximum Gasteiger partial charge on any atom is 0.124 e. The van der Waals surface area contributed by atoms with Crippen LogP contribution in [-0.2, 0) is 6.61 Å². The van der Waals surface area contributed by atoms with Crippen molar-refractivity contribution >= 4 is 5.69 Å². The second-order valence-electron chi connectivity index (χ2n) is 4.04. The number of benzene rings is 2. The maximum absolute atomic E-state index is 8.93. The van der Waals surface area contributed by atoms with Gasteiger partial charge in [-0.15, -0.1) is 0 Å². The van der Waals surface area contributed by atoms with Crippen LogP contribution in [0.4, 0.5) is 5.69 Å². The predicted molar refractivity (Wildman–Crippen MR) is 72.9 cm³/mol. The Morgan fingerprint density at radius 2 is 1.95 bits per heavy atom. The standard InChI is InChI=1S/C15H14N2O2/c1-18-14-6-12(9-16)7-15(8-14)19-10-11-3-2-4-13(17)5-11/h2-8H,10,17H2,1H3. The van der Waals surface area contributed by atoms with E-state index in [4.69, 9.17) is 20.5 Å². The van der Waals surface area contributed by atoms with Crippen LogP contribution < -0.4 is 15.2 Å². The van der Waals surface area contributed by atoms with E-state index in [-0.39, 0.29) is 0 Å². The predicted octanol–water partition coefficient (Wildman–Crippen LogP) is 2.73. The molecule has 2 rings (SSSR count). The molecule has 0 aliphatic heterocycles. The van der Waals surface area contributed by atoms with Crippen molar-refractivity contribution in [3.63, 3.8) is 0 Å². The fourth-order valence-corrected chi connectivity index (χ4v) is 1.69. The van der Waals surface area contributed by atoms with Crippen molar-refractivity contribution < 1.29 is 9.47 Å². The van der Waals surface area contributed by atoms with E-state index in [0.717, 1.165) is 5.56 Å². The number of anilines is 1. The summed E-state index contributed by atoms with van der Waals surface area (Å²) in [6, 6.07) is 14.6. The van der Waals surface area contributed by atoms with E-state index >= 15 is 0 Å². The summed E-state index contributed by atoms with van der Waals surface area (Å²) in [5.74, 6) is 1.19. The minimum atomic E-state index is 0.392. The van der Waals surface area contributed by atoms with Gasteiger partial charge < -0.3 is 15.2 Å². The average Bonchev–Trinajstić information content (AvgIpc) is 2.44. The number of ether oxygens (including phenoxy) is 2. The van der Waals surface area contributed by atoms with Gasteiger partial charge >= 0.3 is 0 Å². The molecule has 0 heterocycles. The Bertz CT molecular complexity index is 618. The quantitative estimate of drug-likeness (QED) is 0.852. The summed E-state index contributed by atoms with van der Waals surface area (Å²) >= 11 is 0. The van der Waals surface area contributed by atoms with Crippen molar-refractivity contribution in [2.75, 3.05) is 12.8 Å². The van der Waals surface area contributed by atoms with Gasteiger partial charge in [-0.1, -0.05) is 12.1 Å². The highest BCUT2D eigenvalue weighted by atomic mass is 16.5. The number of hydrogen-bond donors (Lipinski definition) is 1. The number of nitrogens with two attached hydrogens (primary N) is 1. The van der Waals surface area contributed by atoms with Crippen molar-refractivity contribution in [1.29, 1.82) is 5.26 Å². The van der Waals surface area contributed by atoms with E-state index in [0.29, 0.717) is 29.4 Å². The van der Waals surface area contributed by atoms with E-state index in [1.165, 1.54) is 0 Å². The molecule has 0 aromatic heterocycles. The van der Waals surface area contributed by atoms with Gasteiger partial charge in [0.05, 0.1) is 18.7 Å². The molecule has 4 heteroatoms. The molecule has 4 nitrogen and oxygen atoms in total. The Kier molecular flexibility index (Phi) is 3.89.